The van der Waals surface area contributed by atoms with Gasteiger partial charge in [-0.2, -0.15) is 0 Å². The molecule has 0 heterocycles. The lowest BCUT2D eigenvalue weighted by molar-refractivity contribution is 0.398. The number of benzene rings is 1. The van der Waals surface area contributed by atoms with Crippen molar-refractivity contribution >= 4 is 0 Å². The van der Waals surface area contributed by atoms with E-state index in [9.17, 15) is 0 Å². The molecular weight excluding hydrogens is 212 g/mol. The minimum Gasteiger partial charge on any atom is -0.496 e. The van der Waals surface area contributed by atoms with E-state index >= 15 is 0 Å². The van der Waals surface area contributed by atoms with E-state index in [1.54, 1.807) is 7.11 Å². The predicted molar refractivity (Wildman–Crippen MR) is 71.8 cm³/mol. The maximum atomic E-state index is 5.63. The summed E-state index contributed by atoms with van der Waals surface area (Å²) in [4.78, 5) is 0. The number of nitrogens with two attached hydrogens (primary N) is 1. The third-order valence-corrected chi connectivity index (χ3v) is 2.95. The van der Waals surface area contributed by atoms with E-state index in [0.717, 1.165) is 24.2 Å². The highest BCUT2D eigenvalue weighted by Crippen LogP contribution is 2.30. The highest BCUT2D eigenvalue weighted by Gasteiger charge is 2.15. The molecule has 0 bridgehead atoms. The minimum absolute atomic E-state index is 0.0531. The lowest BCUT2D eigenvalue weighted by atomic mass is 9.97. The topological polar surface area (TPSA) is 47.3 Å². The molecule has 0 aliphatic rings. The molecule has 0 radical (unpaired) electrons. The number of rotatable bonds is 6. The van der Waals surface area contributed by atoms with E-state index in [-0.39, 0.29) is 6.04 Å². The van der Waals surface area contributed by atoms with E-state index in [2.05, 4.69) is 31.9 Å². The molecule has 1 aromatic carbocycles. The van der Waals surface area contributed by atoms with Crippen molar-refractivity contribution < 1.29 is 4.74 Å². The number of ether oxygens (including phenoxy) is 1. The lowest BCUT2D eigenvalue weighted by Gasteiger charge is -2.20. The summed E-state index contributed by atoms with van der Waals surface area (Å²) < 4.78 is 5.37. The van der Waals surface area contributed by atoms with Gasteiger partial charge in [-0.15, -0.1) is 0 Å². The van der Waals surface area contributed by atoms with Gasteiger partial charge in [-0.1, -0.05) is 36.8 Å². The monoisotopic (exact) mass is 234 g/mol. The van der Waals surface area contributed by atoms with Gasteiger partial charge >= 0.3 is 0 Å². The van der Waals surface area contributed by atoms with Crippen molar-refractivity contribution in [3.8, 4) is 5.75 Å². The first-order chi connectivity index (χ1) is 8.12. The summed E-state index contributed by atoms with van der Waals surface area (Å²) in [5.41, 5.74) is 6.31. The third kappa shape index (κ3) is 3.58. The van der Waals surface area contributed by atoms with Crippen LogP contribution in [-0.2, 0) is 0 Å². The SMILES string of the molecule is C=C(CC)CC(NN)c1cc(C)ccc1OC. The summed E-state index contributed by atoms with van der Waals surface area (Å²) in [6.45, 7) is 8.19. The quantitative estimate of drug-likeness (QED) is 0.452. The van der Waals surface area contributed by atoms with Crippen molar-refractivity contribution in [3.63, 3.8) is 0 Å². The van der Waals surface area contributed by atoms with Crippen LogP contribution in [0.1, 0.15) is 36.9 Å². The van der Waals surface area contributed by atoms with Crippen molar-refractivity contribution in [1.29, 1.82) is 0 Å². The normalized spacial score (nSPS) is 12.2. The average molecular weight is 234 g/mol. The fourth-order valence-electron chi connectivity index (χ4n) is 1.82. The van der Waals surface area contributed by atoms with E-state index in [1.165, 1.54) is 11.1 Å². The zero-order valence-electron chi connectivity index (χ0n) is 10.9. The predicted octanol–water partition coefficient (Wildman–Crippen LogP) is 2.86. The van der Waals surface area contributed by atoms with Gasteiger partial charge in [0.2, 0.25) is 0 Å². The highest BCUT2D eigenvalue weighted by atomic mass is 16.5. The summed E-state index contributed by atoms with van der Waals surface area (Å²) >= 11 is 0. The Morgan fingerprint density at radius 2 is 2.24 bits per heavy atom. The molecule has 3 N–H and O–H groups in total. The number of hydrogen-bond donors (Lipinski definition) is 2. The summed E-state index contributed by atoms with van der Waals surface area (Å²) in [6.07, 6.45) is 1.79. The van der Waals surface area contributed by atoms with Gasteiger partial charge in [-0.25, -0.2) is 0 Å². The molecule has 17 heavy (non-hydrogen) atoms. The number of aryl methyl sites for hydroxylation is 1. The summed E-state index contributed by atoms with van der Waals surface area (Å²) in [7, 11) is 1.68. The molecule has 1 aromatic rings. The zero-order valence-corrected chi connectivity index (χ0v) is 10.9. The lowest BCUT2D eigenvalue weighted by Crippen LogP contribution is -2.28. The molecule has 3 nitrogen and oxygen atoms in total. The summed E-state index contributed by atoms with van der Waals surface area (Å²) in [6, 6.07) is 6.16. The Kier molecular flexibility index (Phi) is 5.19. The van der Waals surface area contributed by atoms with Gasteiger partial charge in [0, 0.05) is 5.56 Å². The van der Waals surface area contributed by atoms with Gasteiger partial charge in [0.05, 0.1) is 13.2 Å². The van der Waals surface area contributed by atoms with Gasteiger partial charge in [-0.3, -0.25) is 11.3 Å². The molecule has 0 saturated carbocycles. The number of methoxy groups -OCH3 is 1. The first-order valence-corrected chi connectivity index (χ1v) is 5.89. The van der Waals surface area contributed by atoms with Crippen LogP contribution in [0.4, 0.5) is 0 Å². The number of hydrazine groups is 1. The van der Waals surface area contributed by atoms with Crippen LogP contribution in [0.2, 0.25) is 0 Å². The van der Waals surface area contributed by atoms with Crippen molar-refractivity contribution in [2.24, 2.45) is 5.84 Å². The Bertz CT molecular complexity index is 388. The van der Waals surface area contributed by atoms with Crippen LogP contribution < -0.4 is 16.0 Å². The second-order valence-electron chi connectivity index (χ2n) is 4.27. The molecule has 1 unspecified atom stereocenters. The maximum Gasteiger partial charge on any atom is 0.123 e. The Morgan fingerprint density at radius 1 is 1.53 bits per heavy atom. The van der Waals surface area contributed by atoms with Gasteiger partial charge in [0.25, 0.3) is 0 Å². The molecule has 0 aliphatic carbocycles. The van der Waals surface area contributed by atoms with E-state index in [1.807, 2.05) is 12.1 Å². The second kappa shape index (κ2) is 6.42. The Labute approximate surface area is 104 Å². The molecule has 1 atom stereocenters. The maximum absolute atomic E-state index is 5.63. The van der Waals surface area contributed by atoms with Crippen LogP contribution in [0, 0.1) is 6.92 Å². The molecule has 0 amide bonds. The van der Waals surface area contributed by atoms with Crippen LogP contribution >= 0.6 is 0 Å². The molecule has 94 valence electrons. The van der Waals surface area contributed by atoms with Crippen molar-refractivity contribution in [2.75, 3.05) is 7.11 Å². The summed E-state index contributed by atoms with van der Waals surface area (Å²) in [5, 5.41) is 0. The van der Waals surface area contributed by atoms with Crippen LogP contribution in [0.3, 0.4) is 0 Å². The Balaban J connectivity index is 3.01. The van der Waals surface area contributed by atoms with Gasteiger partial charge in [0.15, 0.2) is 0 Å². The minimum atomic E-state index is 0.0531. The van der Waals surface area contributed by atoms with E-state index in [0.29, 0.717) is 0 Å². The fourth-order valence-corrected chi connectivity index (χ4v) is 1.82. The van der Waals surface area contributed by atoms with Crippen molar-refractivity contribution in [2.45, 2.75) is 32.7 Å². The zero-order chi connectivity index (χ0) is 12.8. The van der Waals surface area contributed by atoms with Gasteiger partial charge in [-0.05, 0) is 25.8 Å². The first-order valence-electron chi connectivity index (χ1n) is 5.89. The van der Waals surface area contributed by atoms with Crippen LogP contribution in [0.5, 0.6) is 5.75 Å². The third-order valence-electron chi connectivity index (χ3n) is 2.95. The van der Waals surface area contributed by atoms with Gasteiger partial charge < -0.3 is 4.74 Å². The molecule has 1 rings (SSSR count). The average Bonchev–Trinajstić information content (AvgIpc) is 2.35. The highest BCUT2D eigenvalue weighted by molar-refractivity contribution is 5.39. The number of hydrogen-bond acceptors (Lipinski definition) is 3. The van der Waals surface area contributed by atoms with Gasteiger partial charge in [0.1, 0.15) is 5.75 Å². The molecular formula is C14H22N2O. The summed E-state index contributed by atoms with van der Waals surface area (Å²) in [5.74, 6) is 6.50. The molecule has 0 saturated heterocycles. The van der Waals surface area contributed by atoms with Crippen molar-refractivity contribution in [3.05, 3.63) is 41.5 Å². The molecule has 0 fully saturated rings. The van der Waals surface area contributed by atoms with E-state index in [4.69, 9.17) is 10.6 Å². The molecule has 0 spiro atoms. The first kappa shape index (κ1) is 13.7. The standard InChI is InChI=1S/C14H22N2O/c1-5-10(2)9-13(16-15)12-8-11(3)6-7-14(12)17-4/h6-8,13,16H,2,5,9,15H2,1,3-4H3. The molecule has 0 aromatic heterocycles. The van der Waals surface area contributed by atoms with Crippen molar-refractivity contribution in [1.82, 2.24) is 5.43 Å². The fraction of sp³-hybridized carbons (Fsp3) is 0.429. The molecule has 0 aliphatic heterocycles. The Hall–Kier alpha value is -1.32. The number of nitrogens with one attached hydrogen (secondary N) is 1. The van der Waals surface area contributed by atoms with Crippen LogP contribution in [-0.4, -0.2) is 7.11 Å². The van der Waals surface area contributed by atoms with Crippen LogP contribution in [0.25, 0.3) is 0 Å². The largest absolute Gasteiger partial charge is 0.496 e. The molecule has 3 heteroatoms. The smallest absolute Gasteiger partial charge is 0.123 e. The Morgan fingerprint density at radius 3 is 2.76 bits per heavy atom. The van der Waals surface area contributed by atoms with E-state index < -0.39 is 0 Å². The second-order valence-corrected chi connectivity index (χ2v) is 4.27. The van der Waals surface area contributed by atoms with Crippen LogP contribution in [0.15, 0.2) is 30.4 Å².